The zero-order valence-corrected chi connectivity index (χ0v) is 21.2. The highest BCUT2D eigenvalue weighted by molar-refractivity contribution is 9.10. The monoisotopic (exact) mass is 523 g/mol. The molecule has 0 saturated carbocycles. The van der Waals surface area contributed by atoms with E-state index < -0.39 is 28.5 Å². The number of carbonyl (C=O) groups is 2. The van der Waals surface area contributed by atoms with E-state index in [1.54, 1.807) is 37.3 Å². The molecule has 174 valence electrons. The summed E-state index contributed by atoms with van der Waals surface area (Å²) in [6, 6.07) is 15.1. The molecule has 9 heteroatoms. The molecule has 32 heavy (non-hydrogen) atoms. The third-order valence-electron chi connectivity index (χ3n) is 5.16. The zero-order chi connectivity index (χ0) is 23.9. The predicted octanol–water partition coefficient (Wildman–Crippen LogP) is 3.55. The van der Waals surface area contributed by atoms with Crippen LogP contribution in [0, 0.1) is 0 Å². The van der Waals surface area contributed by atoms with Gasteiger partial charge in [0.05, 0.1) is 11.9 Å². The number of nitrogens with zero attached hydrogens (tertiary/aromatic N) is 2. The van der Waals surface area contributed by atoms with Crippen molar-refractivity contribution in [3.63, 3.8) is 0 Å². The molecule has 0 heterocycles. The molecule has 0 spiro atoms. The van der Waals surface area contributed by atoms with E-state index in [1.807, 2.05) is 38.1 Å². The highest BCUT2D eigenvalue weighted by Crippen LogP contribution is 2.19. The Morgan fingerprint density at radius 3 is 2.16 bits per heavy atom. The molecule has 2 atom stereocenters. The van der Waals surface area contributed by atoms with Crippen LogP contribution < -0.4 is 9.62 Å². The van der Waals surface area contributed by atoms with E-state index in [9.17, 15) is 18.0 Å². The first kappa shape index (κ1) is 25.9. The lowest BCUT2D eigenvalue weighted by molar-refractivity contribution is -0.139. The van der Waals surface area contributed by atoms with Gasteiger partial charge in [-0.25, -0.2) is 8.42 Å². The summed E-state index contributed by atoms with van der Waals surface area (Å²) in [5.41, 5.74) is 1.22. The number of rotatable bonds is 10. The molecule has 2 rings (SSSR count). The van der Waals surface area contributed by atoms with Crippen LogP contribution in [0.15, 0.2) is 59.1 Å². The summed E-state index contributed by atoms with van der Waals surface area (Å²) < 4.78 is 26.8. The number of anilines is 1. The first-order chi connectivity index (χ1) is 15.0. The van der Waals surface area contributed by atoms with Crippen LogP contribution in [0.2, 0.25) is 0 Å². The Balaban J connectivity index is 2.34. The summed E-state index contributed by atoms with van der Waals surface area (Å²) in [7, 11) is -3.71. The van der Waals surface area contributed by atoms with Crippen molar-refractivity contribution < 1.29 is 18.0 Å². The Labute approximate surface area is 199 Å². The number of amides is 2. The number of hydrogen-bond donors (Lipinski definition) is 1. The number of hydrogen-bond acceptors (Lipinski definition) is 4. The van der Waals surface area contributed by atoms with Crippen molar-refractivity contribution in [3.8, 4) is 0 Å². The van der Waals surface area contributed by atoms with Gasteiger partial charge in [-0.2, -0.15) is 0 Å². The number of halogens is 1. The topological polar surface area (TPSA) is 86.8 Å². The molecule has 0 aliphatic carbocycles. The number of nitrogens with one attached hydrogen (secondary N) is 1. The van der Waals surface area contributed by atoms with E-state index in [2.05, 4.69) is 21.2 Å². The fraction of sp³-hybridized carbons (Fsp3) is 0.391. The second-order valence-electron chi connectivity index (χ2n) is 7.75. The normalized spacial score (nSPS) is 13.2. The number of para-hydroxylation sites is 1. The van der Waals surface area contributed by atoms with Crippen molar-refractivity contribution in [1.29, 1.82) is 0 Å². The number of carbonyl (C=O) groups excluding carboxylic acids is 2. The Bertz CT molecular complexity index is 1010. The maximum absolute atomic E-state index is 13.4. The molecule has 2 aromatic carbocycles. The van der Waals surface area contributed by atoms with Gasteiger partial charge in [0.1, 0.15) is 12.6 Å². The molecule has 0 radical (unpaired) electrons. The quantitative estimate of drug-likeness (QED) is 0.515. The second kappa shape index (κ2) is 11.5. The van der Waals surface area contributed by atoms with E-state index in [0.717, 1.165) is 27.0 Å². The first-order valence-electron chi connectivity index (χ1n) is 10.4. The summed E-state index contributed by atoms with van der Waals surface area (Å²) in [5, 5.41) is 2.90. The summed E-state index contributed by atoms with van der Waals surface area (Å²) in [4.78, 5) is 27.6. The van der Waals surface area contributed by atoms with E-state index in [0.29, 0.717) is 5.69 Å². The molecule has 0 bridgehead atoms. The van der Waals surface area contributed by atoms with E-state index in [-0.39, 0.29) is 18.5 Å². The summed E-state index contributed by atoms with van der Waals surface area (Å²) in [6.07, 6.45) is 1.82. The van der Waals surface area contributed by atoms with Gasteiger partial charge in [0.25, 0.3) is 0 Å². The molecular weight excluding hydrogens is 494 g/mol. The average molecular weight is 524 g/mol. The third kappa shape index (κ3) is 7.34. The maximum atomic E-state index is 13.4. The second-order valence-corrected chi connectivity index (χ2v) is 10.6. The van der Waals surface area contributed by atoms with Crippen molar-refractivity contribution in [2.45, 2.75) is 45.8 Å². The SMILES string of the molecule is CCC(C)NC(=O)C(C)N(Cc1ccc(Br)cc1)C(=O)CN(c1ccccc1)S(C)(=O)=O. The largest absolute Gasteiger partial charge is 0.352 e. The lowest BCUT2D eigenvalue weighted by atomic mass is 10.1. The Morgan fingerprint density at radius 1 is 1.03 bits per heavy atom. The summed E-state index contributed by atoms with van der Waals surface area (Å²) >= 11 is 3.39. The average Bonchev–Trinajstić information content (AvgIpc) is 2.76. The van der Waals surface area contributed by atoms with Crippen LogP contribution in [0.1, 0.15) is 32.8 Å². The van der Waals surface area contributed by atoms with Crippen molar-refractivity contribution in [2.75, 3.05) is 17.1 Å². The molecule has 0 aliphatic heterocycles. The van der Waals surface area contributed by atoms with Crippen LogP contribution in [0.4, 0.5) is 5.69 Å². The first-order valence-corrected chi connectivity index (χ1v) is 13.0. The van der Waals surface area contributed by atoms with E-state index in [4.69, 9.17) is 0 Å². The van der Waals surface area contributed by atoms with Gasteiger partial charge in [0.2, 0.25) is 21.8 Å². The third-order valence-corrected chi connectivity index (χ3v) is 6.83. The van der Waals surface area contributed by atoms with Gasteiger partial charge in [0.15, 0.2) is 0 Å². The molecule has 2 unspecified atom stereocenters. The van der Waals surface area contributed by atoms with Crippen LogP contribution in [0.5, 0.6) is 0 Å². The smallest absolute Gasteiger partial charge is 0.244 e. The maximum Gasteiger partial charge on any atom is 0.244 e. The van der Waals surface area contributed by atoms with Gasteiger partial charge >= 0.3 is 0 Å². The van der Waals surface area contributed by atoms with E-state index in [1.165, 1.54) is 4.90 Å². The lowest BCUT2D eigenvalue weighted by Crippen LogP contribution is -2.52. The molecule has 7 nitrogen and oxygen atoms in total. The fourth-order valence-electron chi connectivity index (χ4n) is 3.04. The molecule has 0 saturated heterocycles. The standard InChI is InChI=1S/C23H30BrN3O4S/c1-5-17(2)25-23(29)18(3)26(15-19-11-13-20(24)14-12-19)22(28)16-27(32(4,30)31)21-9-7-6-8-10-21/h6-14,17-18H,5,15-16H2,1-4H3,(H,25,29). The highest BCUT2D eigenvalue weighted by atomic mass is 79.9. The van der Waals surface area contributed by atoms with Gasteiger partial charge in [0, 0.05) is 17.1 Å². The number of benzene rings is 2. The van der Waals surface area contributed by atoms with Gasteiger partial charge in [-0.1, -0.05) is 53.2 Å². The van der Waals surface area contributed by atoms with Crippen LogP contribution >= 0.6 is 15.9 Å². The van der Waals surface area contributed by atoms with Gasteiger partial charge in [-0.05, 0) is 50.1 Å². The van der Waals surface area contributed by atoms with E-state index >= 15 is 0 Å². The molecule has 1 N–H and O–H groups in total. The number of sulfonamides is 1. The summed E-state index contributed by atoms with van der Waals surface area (Å²) in [6.45, 7) is 5.28. The zero-order valence-electron chi connectivity index (χ0n) is 18.8. The molecule has 0 aromatic heterocycles. The lowest BCUT2D eigenvalue weighted by Gasteiger charge is -2.32. The molecule has 0 aliphatic rings. The van der Waals surface area contributed by atoms with Crippen molar-refractivity contribution >= 4 is 43.5 Å². The molecule has 2 amide bonds. The molecule has 2 aromatic rings. The van der Waals surface area contributed by atoms with Gasteiger partial charge in [-0.3, -0.25) is 13.9 Å². The van der Waals surface area contributed by atoms with Crippen molar-refractivity contribution in [3.05, 3.63) is 64.6 Å². The molecular formula is C23H30BrN3O4S. The molecule has 0 fully saturated rings. The van der Waals surface area contributed by atoms with Gasteiger partial charge < -0.3 is 10.2 Å². The van der Waals surface area contributed by atoms with Crippen molar-refractivity contribution in [2.24, 2.45) is 0 Å². The minimum atomic E-state index is -3.71. The Hall–Kier alpha value is -2.39. The van der Waals surface area contributed by atoms with Crippen LogP contribution in [-0.2, 0) is 26.2 Å². The predicted molar refractivity (Wildman–Crippen MR) is 131 cm³/mol. The minimum Gasteiger partial charge on any atom is -0.352 e. The minimum absolute atomic E-state index is 0.0357. The summed E-state index contributed by atoms with van der Waals surface area (Å²) in [5.74, 6) is -0.746. The highest BCUT2D eigenvalue weighted by Gasteiger charge is 2.30. The van der Waals surface area contributed by atoms with Crippen LogP contribution in [0.25, 0.3) is 0 Å². The Kier molecular flexibility index (Phi) is 9.27. The van der Waals surface area contributed by atoms with Crippen molar-refractivity contribution in [1.82, 2.24) is 10.2 Å². The van der Waals surface area contributed by atoms with Gasteiger partial charge in [-0.15, -0.1) is 0 Å². The van der Waals surface area contributed by atoms with Crippen LogP contribution in [-0.4, -0.2) is 50.0 Å². The fourth-order valence-corrected chi connectivity index (χ4v) is 4.16. The van der Waals surface area contributed by atoms with Crippen LogP contribution in [0.3, 0.4) is 0 Å². The Morgan fingerprint density at radius 2 is 1.62 bits per heavy atom.